The molecule has 0 radical (unpaired) electrons. The monoisotopic (exact) mass is 155 g/mol. The van der Waals surface area contributed by atoms with Crippen LogP contribution in [0.1, 0.15) is 13.3 Å². The van der Waals surface area contributed by atoms with Crippen LogP contribution in [0.2, 0.25) is 0 Å². The van der Waals surface area contributed by atoms with E-state index in [4.69, 9.17) is 5.11 Å². The van der Waals surface area contributed by atoms with Crippen LogP contribution in [-0.2, 0) is 4.79 Å². The molecule has 1 aliphatic heterocycles. The van der Waals surface area contributed by atoms with Crippen molar-refractivity contribution in [2.45, 2.75) is 19.4 Å². The Hall–Kier alpha value is -0.570. The maximum absolute atomic E-state index is 10.8. The van der Waals surface area contributed by atoms with Gasteiger partial charge in [-0.1, -0.05) is 6.92 Å². The molecule has 1 saturated heterocycles. The Morgan fingerprint density at radius 3 is 2.91 bits per heavy atom. The van der Waals surface area contributed by atoms with E-state index < -0.39 is 5.97 Å². The standard InChI is InChI=1S/C8H13NO2/c1-2-9-4-5-3-6(5)7(9)8(10)11/h5-7H,2-4H2,1H3,(H,10,11). The smallest absolute Gasteiger partial charge is 0.321 e. The van der Waals surface area contributed by atoms with Gasteiger partial charge >= 0.3 is 5.97 Å². The molecule has 62 valence electrons. The second-order valence-corrected chi connectivity index (χ2v) is 3.53. The van der Waals surface area contributed by atoms with E-state index in [-0.39, 0.29) is 6.04 Å². The first-order chi connectivity index (χ1) is 5.24. The number of carboxylic acid groups (broad SMARTS) is 1. The molecule has 11 heavy (non-hydrogen) atoms. The van der Waals surface area contributed by atoms with Crippen molar-refractivity contribution in [1.82, 2.24) is 4.90 Å². The summed E-state index contributed by atoms with van der Waals surface area (Å²) in [7, 11) is 0. The zero-order chi connectivity index (χ0) is 8.01. The number of carboxylic acids is 1. The number of rotatable bonds is 2. The van der Waals surface area contributed by atoms with Gasteiger partial charge in [0.1, 0.15) is 6.04 Å². The average molecular weight is 155 g/mol. The predicted octanol–water partition coefficient (Wildman–Crippen LogP) is 0.411. The molecular formula is C8H13NO2. The molecule has 0 aromatic heterocycles. The Morgan fingerprint density at radius 1 is 1.73 bits per heavy atom. The summed E-state index contributed by atoms with van der Waals surface area (Å²) in [5.41, 5.74) is 0. The van der Waals surface area contributed by atoms with Gasteiger partial charge in [0.25, 0.3) is 0 Å². The quantitative estimate of drug-likeness (QED) is 0.628. The third kappa shape index (κ3) is 0.948. The molecular weight excluding hydrogens is 142 g/mol. The van der Waals surface area contributed by atoms with E-state index in [0.29, 0.717) is 11.8 Å². The predicted molar refractivity (Wildman–Crippen MR) is 40.3 cm³/mol. The number of hydrogen-bond donors (Lipinski definition) is 1. The zero-order valence-electron chi connectivity index (χ0n) is 6.66. The molecule has 0 bridgehead atoms. The van der Waals surface area contributed by atoms with Gasteiger partial charge in [-0.15, -0.1) is 0 Å². The molecule has 0 amide bonds. The van der Waals surface area contributed by atoms with Crippen molar-refractivity contribution >= 4 is 5.97 Å². The largest absolute Gasteiger partial charge is 0.480 e. The number of hydrogen-bond acceptors (Lipinski definition) is 2. The van der Waals surface area contributed by atoms with Gasteiger partial charge in [-0.25, -0.2) is 0 Å². The number of piperidine rings is 1. The molecule has 3 nitrogen and oxygen atoms in total. The third-order valence-corrected chi connectivity index (χ3v) is 2.90. The van der Waals surface area contributed by atoms with Crippen LogP contribution in [0.25, 0.3) is 0 Å². The van der Waals surface area contributed by atoms with Gasteiger partial charge in [0.15, 0.2) is 0 Å². The van der Waals surface area contributed by atoms with Crippen LogP contribution in [0.5, 0.6) is 0 Å². The normalized spacial score (nSPS) is 42.1. The maximum atomic E-state index is 10.8. The lowest BCUT2D eigenvalue weighted by Gasteiger charge is -2.21. The minimum absolute atomic E-state index is 0.162. The first kappa shape index (κ1) is 7.10. The molecule has 2 aliphatic rings. The van der Waals surface area contributed by atoms with E-state index in [9.17, 15) is 4.79 Å². The molecule has 1 N–H and O–H groups in total. The van der Waals surface area contributed by atoms with E-state index in [1.54, 1.807) is 0 Å². The van der Waals surface area contributed by atoms with E-state index in [1.165, 1.54) is 0 Å². The zero-order valence-corrected chi connectivity index (χ0v) is 6.66. The molecule has 0 aromatic rings. The second kappa shape index (κ2) is 2.21. The molecule has 1 aliphatic carbocycles. The van der Waals surface area contributed by atoms with Gasteiger partial charge in [-0.2, -0.15) is 0 Å². The highest BCUT2D eigenvalue weighted by Gasteiger charge is 2.54. The minimum Gasteiger partial charge on any atom is -0.480 e. The molecule has 2 fully saturated rings. The van der Waals surface area contributed by atoms with Gasteiger partial charge in [-0.05, 0) is 24.8 Å². The first-order valence-electron chi connectivity index (χ1n) is 4.21. The SMILES string of the molecule is CCN1CC2CC2C1C(=O)O. The van der Waals surface area contributed by atoms with Crippen molar-refractivity contribution in [3.05, 3.63) is 0 Å². The van der Waals surface area contributed by atoms with Crippen molar-refractivity contribution in [1.29, 1.82) is 0 Å². The Kier molecular flexibility index (Phi) is 1.42. The third-order valence-electron chi connectivity index (χ3n) is 2.90. The summed E-state index contributed by atoms with van der Waals surface area (Å²) in [6.07, 6.45) is 1.15. The Morgan fingerprint density at radius 2 is 2.45 bits per heavy atom. The van der Waals surface area contributed by atoms with Crippen molar-refractivity contribution in [3.8, 4) is 0 Å². The summed E-state index contributed by atoms with van der Waals surface area (Å²) in [5, 5.41) is 8.87. The van der Waals surface area contributed by atoms with Crippen molar-refractivity contribution in [3.63, 3.8) is 0 Å². The van der Waals surface area contributed by atoms with Gasteiger partial charge < -0.3 is 5.11 Å². The molecule has 0 spiro atoms. The summed E-state index contributed by atoms with van der Waals surface area (Å²) < 4.78 is 0. The van der Waals surface area contributed by atoms with Gasteiger partial charge in [-0.3, -0.25) is 9.69 Å². The fourth-order valence-electron chi connectivity index (χ4n) is 2.22. The fourth-order valence-corrected chi connectivity index (χ4v) is 2.22. The van der Waals surface area contributed by atoms with Crippen LogP contribution in [0.3, 0.4) is 0 Å². The molecule has 2 rings (SSSR count). The molecule has 1 heterocycles. The summed E-state index contributed by atoms with van der Waals surface area (Å²) in [4.78, 5) is 12.8. The van der Waals surface area contributed by atoms with E-state index in [1.807, 2.05) is 6.92 Å². The highest BCUT2D eigenvalue weighted by Crippen LogP contribution is 2.49. The fraction of sp³-hybridized carbons (Fsp3) is 0.875. The number of aliphatic carboxylic acids is 1. The Balaban J connectivity index is 2.08. The van der Waals surface area contributed by atoms with Crippen molar-refractivity contribution < 1.29 is 9.90 Å². The number of carbonyl (C=O) groups is 1. The van der Waals surface area contributed by atoms with Gasteiger partial charge in [0.2, 0.25) is 0 Å². The first-order valence-corrected chi connectivity index (χ1v) is 4.21. The molecule has 0 aromatic carbocycles. The van der Waals surface area contributed by atoms with Crippen LogP contribution < -0.4 is 0 Å². The Labute approximate surface area is 66.0 Å². The minimum atomic E-state index is -0.628. The number of fused-ring (bicyclic) bond motifs is 1. The van der Waals surface area contributed by atoms with E-state index in [0.717, 1.165) is 19.5 Å². The topological polar surface area (TPSA) is 40.5 Å². The van der Waals surface area contributed by atoms with E-state index in [2.05, 4.69) is 4.90 Å². The van der Waals surface area contributed by atoms with Gasteiger partial charge in [0, 0.05) is 6.54 Å². The van der Waals surface area contributed by atoms with Crippen LogP contribution in [-0.4, -0.2) is 35.1 Å². The number of likely N-dealkylation sites (N-methyl/N-ethyl adjacent to an activating group) is 1. The van der Waals surface area contributed by atoms with Crippen molar-refractivity contribution in [2.75, 3.05) is 13.1 Å². The highest BCUT2D eigenvalue weighted by molar-refractivity contribution is 5.75. The number of likely N-dealkylation sites (tertiary alicyclic amines) is 1. The summed E-state index contributed by atoms with van der Waals surface area (Å²) >= 11 is 0. The lowest BCUT2D eigenvalue weighted by molar-refractivity contribution is -0.143. The molecule has 3 heteroatoms. The maximum Gasteiger partial charge on any atom is 0.321 e. The second-order valence-electron chi connectivity index (χ2n) is 3.53. The molecule has 1 saturated carbocycles. The van der Waals surface area contributed by atoms with E-state index >= 15 is 0 Å². The highest BCUT2D eigenvalue weighted by atomic mass is 16.4. The lowest BCUT2D eigenvalue weighted by atomic mass is 10.2. The Bertz CT molecular complexity index is 193. The average Bonchev–Trinajstić information content (AvgIpc) is 2.61. The molecule has 3 atom stereocenters. The number of nitrogens with zero attached hydrogens (tertiary/aromatic N) is 1. The van der Waals surface area contributed by atoms with Crippen LogP contribution in [0.4, 0.5) is 0 Å². The van der Waals surface area contributed by atoms with Gasteiger partial charge in [0.05, 0.1) is 0 Å². The summed E-state index contributed by atoms with van der Waals surface area (Å²) in [5.74, 6) is 0.556. The van der Waals surface area contributed by atoms with Crippen molar-refractivity contribution in [2.24, 2.45) is 11.8 Å². The summed E-state index contributed by atoms with van der Waals surface area (Å²) in [6.45, 7) is 3.92. The van der Waals surface area contributed by atoms with Crippen LogP contribution >= 0.6 is 0 Å². The summed E-state index contributed by atoms with van der Waals surface area (Å²) in [6, 6.07) is -0.162. The lowest BCUT2D eigenvalue weighted by Crippen LogP contribution is -2.38. The van der Waals surface area contributed by atoms with Crippen LogP contribution in [0.15, 0.2) is 0 Å². The van der Waals surface area contributed by atoms with Crippen LogP contribution in [0, 0.1) is 11.8 Å². The molecule has 3 unspecified atom stereocenters.